The molecule has 1 aliphatic rings. The molecular formula is C25H20Cl2N2O3. The zero-order valence-electron chi connectivity index (χ0n) is 17.3. The lowest BCUT2D eigenvalue weighted by atomic mass is 10.1. The maximum Gasteiger partial charge on any atom is 0.329 e. The number of benzene rings is 3. The van der Waals surface area contributed by atoms with Crippen LogP contribution in [-0.2, 0) is 17.9 Å². The first-order chi connectivity index (χ1) is 15.4. The molecule has 1 fully saturated rings. The van der Waals surface area contributed by atoms with Gasteiger partial charge in [-0.2, -0.15) is 0 Å². The van der Waals surface area contributed by atoms with Crippen LogP contribution in [0, 0.1) is 6.92 Å². The lowest BCUT2D eigenvalue weighted by Gasteiger charge is -2.12. The monoisotopic (exact) mass is 466 g/mol. The van der Waals surface area contributed by atoms with Gasteiger partial charge in [0.15, 0.2) is 0 Å². The Kier molecular flexibility index (Phi) is 6.49. The number of urea groups is 1. The molecule has 1 aliphatic heterocycles. The summed E-state index contributed by atoms with van der Waals surface area (Å²) in [6.07, 6.45) is 1.65. The van der Waals surface area contributed by atoms with Gasteiger partial charge in [-0.3, -0.25) is 9.69 Å². The number of ether oxygens (including phenoxy) is 1. The minimum atomic E-state index is -0.427. The number of hydrogen-bond donors (Lipinski definition) is 1. The van der Waals surface area contributed by atoms with Gasteiger partial charge in [0.05, 0.1) is 16.6 Å². The van der Waals surface area contributed by atoms with Crippen molar-refractivity contribution in [2.24, 2.45) is 0 Å². The largest absolute Gasteiger partial charge is 0.489 e. The molecule has 4 rings (SSSR count). The Morgan fingerprint density at radius 1 is 0.938 bits per heavy atom. The average Bonchev–Trinajstić information content (AvgIpc) is 3.03. The second-order valence-corrected chi connectivity index (χ2v) is 8.29. The van der Waals surface area contributed by atoms with E-state index in [4.69, 9.17) is 27.9 Å². The summed E-state index contributed by atoms with van der Waals surface area (Å²) in [6.45, 7) is 2.55. The number of nitrogens with zero attached hydrogens (tertiary/aromatic N) is 1. The van der Waals surface area contributed by atoms with Gasteiger partial charge in [-0.05, 0) is 54.0 Å². The molecule has 3 aromatic carbocycles. The number of carbonyl (C=O) groups is 2. The Bertz CT molecular complexity index is 1210. The summed E-state index contributed by atoms with van der Waals surface area (Å²) in [5.41, 5.74) is 3.89. The van der Waals surface area contributed by atoms with Crippen LogP contribution in [0.15, 0.2) is 72.4 Å². The van der Waals surface area contributed by atoms with Gasteiger partial charge in [0.2, 0.25) is 0 Å². The third-order valence-electron chi connectivity index (χ3n) is 4.97. The van der Waals surface area contributed by atoms with E-state index >= 15 is 0 Å². The highest BCUT2D eigenvalue weighted by atomic mass is 35.5. The SMILES string of the molecule is Cc1cccc(CN2C(=O)N/C(=C/c3ccc(OCc4ccc(Cl)c(Cl)c4)cc3)C2=O)c1. The van der Waals surface area contributed by atoms with Crippen LogP contribution in [0.25, 0.3) is 6.08 Å². The fourth-order valence-corrected chi connectivity index (χ4v) is 3.65. The van der Waals surface area contributed by atoms with Crippen LogP contribution in [-0.4, -0.2) is 16.8 Å². The predicted octanol–water partition coefficient (Wildman–Crippen LogP) is 5.97. The number of nitrogens with one attached hydrogen (secondary N) is 1. The lowest BCUT2D eigenvalue weighted by Crippen LogP contribution is -2.30. The van der Waals surface area contributed by atoms with Gasteiger partial charge in [-0.15, -0.1) is 0 Å². The van der Waals surface area contributed by atoms with Crippen LogP contribution < -0.4 is 10.1 Å². The zero-order valence-corrected chi connectivity index (χ0v) is 18.8. The number of halogens is 2. The molecule has 0 bridgehead atoms. The first kappa shape index (κ1) is 21.9. The van der Waals surface area contributed by atoms with Crippen LogP contribution in [0.1, 0.15) is 22.3 Å². The van der Waals surface area contributed by atoms with Crippen molar-refractivity contribution in [1.82, 2.24) is 10.2 Å². The molecule has 3 amide bonds. The molecule has 3 aromatic rings. The van der Waals surface area contributed by atoms with E-state index in [1.807, 2.05) is 49.4 Å². The van der Waals surface area contributed by atoms with E-state index in [0.29, 0.717) is 22.4 Å². The Balaban J connectivity index is 1.40. The van der Waals surface area contributed by atoms with Crippen LogP contribution in [0.4, 0.5) is 4.79 Å². The third kappa shape index (κ3) is 5.13. The second-order valence-electron chi connectivity index (χ2n) is 7.47. The van der Waals surface area contributed by atoms with Crippen LogP contribution >= 0.6 is 23.2 Å². The summed E-state index contributed by atoms with van der Waals surface area (Å²) in [5.74, 6) is 0.317. The van der Waals surface area contributed by atoms with Gasteiger partial charge >= 0.3 is 6.03 Å². The molecule has 0 aliphatic carbocycles. The Morgan fingerprint density at radius 2 is 1.72 bits per heavy atom. The molecule has 1 heterocycles. The van der Waals surface area contributed by atoms with E-state index in [1.165, 1.54) is 4.90 Å². The zero-order chi connectivity index (χ0) is 22.7. The number of imide groups is 1. The smallest absolute Gasteiger partial charge is 0.329 e. The molecule has 7 heteroatoms. The summed E-state index contributed by atoms with van der Waals surface area (Å²) >= 11 is 12.0. The van der Waals surface area contributed by atoms with Crippen LogP contribution in [0.5, 0.6) is 5.75 Å². The van der Waals surface area contributed by atoms with Crippen molar-refractivity contribution in [3.05, 3.63) is 105 Å². The van der Waals surface area contributed by atoms with Crippen molar-refractivity contribution in [3.8, 4) is 5.75 Å². The summed E-state index contributed by atoms with van der Waals surface area (Å²) in [4.78, 5) is 26.2. The summed E-state index contributed by atoms with van der Waals surface area (Å²) in [5, 5.41) is 3.63. The van der Waals surface area contributed by atoms with Crippen LogP contribution in [0.3, 0.4) is 0 Å². The highest BCUT2D eigenvalue weighted by molar-refractivity contribution is 6.42. The van der Waals surface area contributed by atoms with E-state index in [1.54, 1.807) is 30.3 Å². The van der Waals surface area contributed by atoms with Crippen molar-refractivity contribution in [1.29, 1.82) is 0 Å². The average molecular weight is 467 g/mol. The number of carbonyl (C=O) groups excluding carboxylic acids is 2. The van der Waals surface area contributed by atoms with E-state index in [2.05, 4.69) is 5.32 Å². The molecular weight excluding hydrogens is 447 g/mol. The van der Waals surface area contributed by atoms with Gasteiger partial charge < -0.3 is 10.1 Å². The maximum atomic E-state index is 12.7. The van der Waals surface area contributed by atoms with Crippen molar-refractivity contribution < 1.29 is 14.3 Å². The molecule has 1 saturated heterocycles. The normalized spacial score (nSPS) is 14.7. The molecule has 0 saturated carbocycles. The number of hydrogen-bond acceptors (Lipinski definition) is 3. The van der Waals surface area contributed by atoms with Gasteiger partial charge in [0, 0.05) is 0 Å². The minimum absolute atomic E-state index is 0.227. The Hall–Kier alpha value is -3.28. The highest BCUT2D eigenvalue weighted by Crippen LogP contribution is 2.24. The molecule has 0 aromatic heterocycles. The van der Waals surface area contributed by atoms with E-state index in [9.17, 15) is 9.59 Å². The van der Waals surface area contributed by atoms with Crippen LogP contribution in [0.2, 0.25) is 10.0 Å². The number of rotatable bonds is 6. The number of aryl methyl sites for hydroxylation is 1. The van der Waals surface area contributed by atoms with Gasteiger partial charge in [0.25, 0.3) is 5.91 Å². The maximum absolute atomic E-state index is 12.7. The van der Waals surface area contributed by atoms with Crippen molar-refractivity contribution >= 4 is 41.2 Å². The lowest BCUT2D eigenvalue weighted by molar-refractivity contribution is -0.123. The molecule has 0 spiro atoms. The predicted molar refractivity (Wildman–Crippen MR) is 125 cm³/mol. The van der Waals surface area contributed by atoms with Gasteiger partial charge in [0.1, 0.15) is 18.1 Å². The molecule has 32 heavy (non-hydrogen) atoms. The summed E-state index contributed by atoms with van der Waals surface area (Å²) in [6, 6.07) is 19.9. The van der Waals surface area contributed by atoms with E-state index < -0.39 is 6.03 Å². The van der Waals surface area contributed by atoms with E-state index in [0.717, 1.165) is 22.3 Å². The summed E-state index contributed by atoms with van der Waals surface area (Å²) in [7, 11) is 0. The Labute approximate surface area is 196 Å². The topological polar surface area (TPSA) is 58.6 Å². The number of amides is 3. The minimum Gasteiger partial charge on any atom is -0.489 e. The second kappa shape index (κ2) is 9.47. The first-order valence-corrected chi connectivity index (χ1v) is 10.7. The molecule has 1 N–H and O–H groups in total. The Morgan fingerprint density at radius 3 is 2.44 bits per heavy atom. The van der Waals surface area contributed by atoms with Crippen molar-refractivity contribution in [2.75, 3.05) is 0 Å². The van der Waals surface area contributed by atoms with Gasteiger partial charge in [-0.25, -0.2) is 4.79 Å². The molecule has 0 radical (unpaired) electrons. The standard InChI is InChI=1S/C25H20Cl2N2O3/c1-16-3-2-4-18(11-16)14-29-24(30)23(28-25(29)31)13-17-5-8-20(9-6-17)32-15-19-7-10-21(26)22(27)12-19/h2-13H,14-15H2,1H3,(H,28,31)/b23-13+. The summed E-state index contributed by atoms with van der Waals surface area (Å²) < 4.78 is 5.78. The quantitative estimate of drug-likeness (QED) is 0.359. The fourth-order valence-electron chi connectivity index (χ4n) is 3.33. The van der Waals surface area contributed by atoms with E-state index in [-0.39, 0.29) is 18.1 Å². The molecule has 162 valence electrons. The fraction of sp³-hybridized carbons (Fsp3) is 0.120. The molecule has 0 atom stereocenters. The first-order valence-electron chi connectivity index (χ1n) is 9.96. The van der Waals surface area contributed by atoms with Crippen molar-refractivity contribution in [3.63, 3.8) is 0 Å². The third-order valence-corrected chi connectivity index (χ3v) is 5.71. The molecule has 5 nitrogen and oxygen atoms in total. The highest BCUT2D eigenvalue weighted by Gasteiger charge is 2.33. The van der Waals surface area contributed by atoms with Crippen molar-refractivity contribution in [2.45, 2.75) is 20.1 Å². The molecule has 0 unspecified atom stereocenters. The van der Waals surface area contributed by atoms with Gasteiger partial charge in [-0.1, -0.05) is 71.2 Å².